The van der Waals surface area contributed by atoms with E-state index >= 15 is 0 Å². The quantitative estimate of drug-likeness (QED) is 0.890. The number of fused-ring (bicyclic) bond motifs is 1. The standard InChI is InChI=1S/C17H22N6O2/c1-11(2)23-10-15(20-21-23)19-17(25)18-9-12-8-16(24)22(3)14-7-5-4-6-13(12)14/h4-7,10-12H,8-9H2,1-3H3,(H2,18,19,25)/t12-/m0/s1. The molecular formula is C17H22N6O2. The first kappa shape index (κ1) is 16.9. The molecule has 3 rings (SSSR count). The molecule has 0 radical (unpaired) electrons. The van der Waals surface area contributed by atoms with Crippen molar-refractivity contribution in [3.05, 3.63) is 36.0 Å². The molecule has 8 heteroatoms. The van der Waals surface area contributed by atoms with Gasteiger partial charge in [0.1, 0.15) is 0 Å². The summed E-state index contributed by atoms with van der Waals surface area (Å²) in [4.78, 5) is 25.9. The summed E-state index contributed by atoms with van der Waals surface area (Å²) in [5.41, 5.74) is 1.96. The first-order chi connectivity index (χ1) is 12.0. The Morgan fingerprint density at radius 3 is 2.84 bits per heavy atom. The van der Waals surface area contributed by atoms with Gasteiger partial charge in [-0.2, -0.15) is 0 Å². The summed E-state index contributed by atoms with van der Waals surface area (Å²) < 4.78 is 1.67. The molecule has 8 nitrogen and oxygen atoms in total. The molecule has 1 aliphatic heterocycles. The average Bonchev–Trinajstić information content (AvgIpc) is 3.05. The Balaban J connectivity index is 1.62. The second-order valence-electron chi connectivity index (χ2n) is 6.43. The van der Waals surface area contributed by atoms with Crippen LogP contribution in [0.3, 0.4) is 0 Å². The Labute approximate surface area is 146 Å². The van der Waals surface area contributed by atoms with Crippen LogP contribution in [-0.2, 0) is 4.79 Å². The number of para-hydroxylation sites is 1. The molecule has 25 heavy (non-hydrogen) atoms. The van der Waals surface area contributed by atoms with E-state index in [1.807, 2.05) is 38.1 Å². The fraction of sp³-hybridized carbons (Fsp3) is 0.412. The van der Waals surface area contributed by atoms with Crippen molar-refractivity contribution in [1.82, 2.24) is 20.3 Å². The molecule has 0 aliphatic carbocycles. The van der Waals surface area contributed by atoms with Gasteiger partial charge in [-0.05, 0) is 25.5 Å². The van der Waals surface area contributed by atoms with Crippen LogP contribution in [0, 0.1) is 0 Å². The van der Waals surface area contributed by atoms with E-state index in [1.54, 1.807) is 22.8 Å². The van der Waals surface area contributed by atoms with Gasteiger partial charge in [-0.15, -0.1) is 5.10 Å². The lowest BCUT2D eigenvalue weighted by Gasteiger charge is -2.31. The van der Waals surface area contributed by atoms with Crippen molar-refractivity contribution in [2.24, 2.45) is 0 Å². The number of aromatic nitrogens is 3. The number of anilines is 2. The molecule has 3 amide bonds. The minimum atomic E-state index is -0.361. The van der Waals surface area contributed by atoms with Gasteiger partial charge >= 0.3 is 6.03 Å². The van der Waals surface area contributed by atoms with Gasteiger partial charge in [-0.3, -0.25) is 10.1 Å². The maximum Gasteiger partial charge on any atom is 0.320 e. The zero-order valence-electron chi connectivity index (χ0n) is 14.6. The molecule has 2 heterocycles. The van der Waals surface area contributed by atoms with Crippen molar-refractivity contribution in [3.63, 3.8) is 0 Å². The molecule has 2 aromatic rings. The molecule has 0 bridgehead atoms. The number of amides is 3. The van der Waals surface area contributed by atoms with Crippen LogP contribution in [0.5, 0.6) is 0 Å². The monoisotopic (exact) mass is 342 g/mol. The lowest BCUT2D eigenvalue weighted by molar-refractivity contribution is -0.119. The molecule has 1 aromatic heterocycles. The summed E-state index contributed by atoms with van der Waals surface area (Å²) in [6.45, 7) is 4.33. The summed E-state index contributed by atoms with van der Waals surface area (Å²) in [7, 11) is 1.77. The topological polar surface area (TPSA) is 92.2 Å². The normalized spacial score (nSPS) is 16.7. The molecular weight excluding hydrogens is 320 g/mol. The summed E-state index contributed by atoms with van der Waals surface area (Å²) in [5, 5.41) is 13.3. The molecule has 1 aliphatic rings. The number of nitrogens with zero attached hydrogens (tertiary/aromatic N) is 4. The van der Waals surface area contributed by atoms with Gasteiger partial charge in [-0.1, -0.05) is 23.4 Å². The van der Waals surface area contributed by atoms with Crippen molar-refractivity contribution in [3.8, 4) is 0 Å². The summed E-state index contributed by atoms with van der Waals surface area (Å²) in [5.74, 6) is 0.397. The van der Waals surface area contributed by atoms with Crippen molar-refractivity contribution in [2.45, 2.75) is 32.2 Å². The average molecular weight is 342 g/mol. The third-order valence-electron chi connectivity index (χ3n) is 4.32. The minimum Gasteiger partial charge on any atom is -0.337 e. The van der Waals surface area contributed by atoms with Crippen LogP contribution in [-0.4, -0.2) is 40.5 Å². The van der Waals surface area contributed by atoms with E-state index in [4.69, 9.17) is 0 Å². The number of carbonyl (C=O) groups excluding carboxylic acids is 2. The summed E-state index contributed by atoms with van der Waals surface area (Å²) in [6.07, 6.45) is 2.05. The van der Waals surface area contributed by atoms with Crippen LogP contribution in [0.4, 0.5) is 16.3 Å². The SMILES string of the molecule is CC(C)n1cc(NC(=O)NC[C@@H]2CC(=O)N(C)c3ccccc32)nn1. The van der Waals surface area contributed by atoms with Gasteiger partial charge < -0.3 is 10.2 Å². The third-order valence-corrected chi connectivity index (χ3v) is 4.32. The number of hydrogen-bond donors (Lipinski definition) is 2. The highest BCUT2D eigenvalue weighted by Gasteiger charge is 2.29. The Hall–Kier alpha value is -2.90. The van der Waals surface area contributed by atoms with Gasteiger partial charge in [0.2, 0.25) is 5.91 Å². The zero-order valence-corrected chi connectivity index (χ0v) is 14.6. The maximum absolute atomic E-state index is 12.1. The van der Waals surface area contributed by atoms with Gasteiger partial charge in [0.05, 0.1) is 6.20 Å². The lowest BCUT2D eigenvalue weighted by Crippen LogP contribution is -2.38. The largest absolute Gasteiger partial charge is 0.337 e. The van der Waals surface area contributed by atoms with Crippen LogP contribution < -0.4 is 15.5 Å². The van der Waals surface area contributed by atoms with E-state index in [0.717, 1.165) is 11.3 Å². The number of carbonyl (C=O) groups is 2. The highest BCUT2D eigenvalue weighted by atomic mass is 16.2. The van der Waals surface area contributed by atoms with Crippen molar-refractivity contribution >= 4 is 23.4 Å². The molecule has 0 saturated heterocycles. The van der Waals surface area contributed by atoms with E-state index in [0.29, 0.717) is 18.8 Å². The fourth-order valence-corrected chi connectivity index (χ4v) is 2.88. The predicted molar refractivity (Wildman–Crippen MR) is 94.6 cm³/mol. The van der Waals surface area contributed by atoms with E-state index in [9.17, 15) is 9.59 Å². The number of hydrogen-bond acceptors (Lipinski definition) is 4. The zero-order chi connectivity index (χ0) is 18.0. The fourth-order valence-electron chi connectivity index (χ4n) is 2.88. The Morgan fingerprint density at radius 1 is 1.36 bits per heavy atom. The minimum absolute atomic E-state index is 0.0444. The molecule has 0 fully saturated rings. The van der Waals surface area contributed by atoms with Crippen LogP contribution in [0.2, 0.25) is 0 Å². The number of nitrogens with one attached hydrogen (secondary N) is 2. The van der Waals surface area contributed by atoms with E-state index < -0.39 is 0 Å². The van der Waals surface area contributed by atoms with Crippen LogP contribution in [0.1, 0.15) is 37.8 Å². The first-order valence-electron chi connectivity index (χ1n) is 8.28. The van der Waals surface area contributed by atoms with Gasteiger partial charge in [0.25, 0.3) is 0 Å². The molecule has 0 saturated carbocycles. The second kappa shape index (κ2) is 6.92. The van der Waals surface area contributed by atoms with Crippen molar-refractivity contribution in [2.75, 3.05) is 23.8 Å². The van der Waals surface area contributed by atoms with Crippen LogP contribution in [0.15, 0.2) is 30.5 Å². The second-order valence-corrected chi connectivity index (χ2v) is 6.43. The number of rotatable bonds is 4. The van der Waals surface area contributed by atoms with Gasteiger partial charge in [0.15, 0.2) is 5.82 Å². The highest BCUT2D eigenvalue weighted by molar-refractivity contribution is 5.96. The molecule has 132 valence electrons. The maximum atomic E-state index is 12.1. The van der Waals surface area contributed by atoms with Crippen molar-refractivity contribution in [1.29, 1.82) is 0 Å². The van der Waals surface area contributed by atoms with Crippen molar-refractivity contribution < 1.29 is 9.59 Å². The molecule has 2 N–H and O–H groups in total. The van der Waals surface area contributed by atoms with Crippen LogP contribution >= 0.6 is 0 Å². The summed E-state index contributed by atoms with van der Waals surface area (Å²) in [6, 6.07) is 7.58. The molecule has 1 aromatic carbocycles. The Morgan fingerprint density at radius 2 is 2.12 bits per heavy atom. The van der Waals surface area contributed by atoms with E-state index in [2.05, 4.69) is 20.9 Å². The molecule has 0 unspecified atom stereocenters. The molecule has 1 atom stereocenters. The van der Waals surface area contributed by atoms with Crippen LogP contribution in [0.25, 0.3) is 0 Å². The Bertz CT molecular complexity index is 785. The first-order valence-corrected chi connectivity index (χ1v) is 8.28. The van der Waals surface area contributed by atoms with Gasteiger partial charge in [-0.25, -0.2) is 9.48 Å². The third kappa shape index (κ3) is 3.62. The predicted octanol–water partition coefficient (Wildman–Crippen LogP) is 2.13. The smallest absolute Gasteiger partial charge is 0.320 e. The van der Waals surface area contributed by atoms with Gasteiger partial charge in [0, 0.05) is 37.7 Å². The number of benzene rings is 1. The molecule has 0 spiro atoms. The lowest BCUT2D eigenvalue weighted by atomic mass is 9.89. The highest BCUT2D eigenvalue weighted by Crippen LogP contribution is 2.34. The van der Waals surface area contributed by atoms with E-state index in [1.165, 1.54) is 0 Å². The Kier molecular flexibility index (Phi) is 4.69. The van der Waals surface area contributed by atoms with E-state index in [-0.39, 0.29) is 23.9 Å². The number of urea groups is 1. The summed E-state index contributed by atoms with van der Waals surface area (Å²) >= 11 is 0.